The minimum Gasteiger partial charge on any atom is -0.275 e. The van der Waals surface area contributed by atoms with E-state index < -0.39 is 0 Å². The van der Waals surface area contributed by atoms with Crippen molar-refractivity contribution >= 4 is 17.3 Å². The third-order valence-electron chi connectivity index (χ3n) is 3.21. The predicted octanol–water partition coefficient (Wildman–Crippen LogP) is 3.82. The van der Waals surface area contributed by atoms with Gasteiger partial charge in [-0.25, -0.2) is 0 Å². The Hall–Kier alpha value is -1.33. The van der Waals surface area contributed by atoms with Gasteiger partial charge < -0.3 is 0 Å². The Morgan fingerprint density at radius 1 is 1.35 bits per heavy atom. The second-order valence-corrected chi connectivity index (χ2v) is 5.15. The van der Waals surface area contributed by atoms with Crippen LogP contribution in [0.3, 0.4) is 0 Å². The maximum absolute atomic E-state index is 9.17. The fraction of sp³-hybridized carbons (Fsp3) is 0.429. The smallest absolute Gasteiger partial charge is 0.143 e. The molecule has 0 unspecified atom stereocenters. The zero-order valence-electron chi connectivity index (χ0n) is 10.0. The Bertz CT molecular complexity index is 468. The van der Waals surface area contributed by atoms with E-state index in [1.165, 1.54) is 0 Å². The standard InChI is InChI=1S/C14H15ClN2/c1-9(2)13-7-12(14(8-16)17-13)10-3-5-11(15)6-4-10/h3-6,9,12,14H,7H2,1-2H3/t12-,14-/m1/s1. The maximum Gasteiger partial charge on any atom is 0.143 e. The Morgan fingerprint density at radius 3 is 2.53 bits per heavy atom. The molecule has 2 rings (SSSR count). The summed E-state index contributed by atoms with van der Waals surface area (Å²) in [6.45, 7) is 4.25. The summed E-state index contributed by atoms with van der Waals surface area (Å²) in [4.78, 5) is 4.51. The van der Waals surface area contributed by atoms with Gasteiger partial charge in [0.15, 0.2) is 0 Å². The number of hydrogen-bond acceptors (Lipinski definition) is 2. The minimum atomic E-state index is -0.242. The van der Waals surface area contributed by atoms with Crippen molar-refractivity contribution in [1.82, 2.24) is 0 Å². The van der Waals surface area contributed by atoms with E-state index in [1.807, 2.05) is 24.3 Å². The summed E-state index contributed by atoms with van der Waals surface area (Å²) in [6.07, 6.45) is 0.886. The van der Waals surface area contributed by atoms with Crippen molar-refractivity contribution in [3.63, 3.8) is 0 Å². The fourth-order valence-electron chi connectivity index (χ4n) is 2.17. The van der Waals surface area contributed by atoms with Crippen LogP contribution in [0.2, 0.25) is 5.02 Å². The molecule has 1 aromatic carbocycles. The van der Waals surface area contributed by atoms with E-state index in [-0.39, 0.29) is 12.0 Å². The van der Waals surface area contributed by atoms with Gasteiger partial charge in [0.25, 0.3) is 0 Å². The SMILES string of the molecule is CC(C)C1=N[C@H](C#N)[C@@H](c2ccc(Cl)cc2)C1. The molecular formula is C14H15ClN2. The molecule has 1 aliphatic heterocycles. The molecule has 0 N–H and O–H groups in total. The highest BCUT2D eigenvalue weighted by Gasteiger charge is 2.31. The van der Waals surface area contributed by atoms with E-state index in [1.54, 1.807) is 0 Å². The van der Waals surface area contributed by atoms with Gasteiger partial charge in [-0.3, -0.25) is 4.99 Å². The molecule has 17 heavy (non-hydrogen) atoms. The zero-order valence-corrected chi connectivity index (χ0v) is 10.8. The lowest BCUT2D eigenvalue weighted by Gasteiger charge is -2.13. The lowest BCUT2D eigenvalue weighted by atomic mass is 9.89. The van der Waals surface area contributed by atoms with Crippen LogP contribution in [0, 0.1) is 17.2 Å². The normalized spacial score (nSPS) is 23.6. The monoisotopic (exact) mass is 246 g/mol. The molecule has 1 aromatic rings. The summed E-state index contributed by atoms with van der Waals surface area (Å²) in [7, 11) is 0. The summed E-state index contributed by atoms with van der Waals surface area (Å²) in [5.41, 5.74) is 2.30. The number of aliphatic imine (C=N–C) groups is 1. The molecule has 2 atom stereocenters. The van der Waals surface area contributed by atoms with Gasteiger partial charge in [0.2, 0.25) is 0 Å². The van der Waals surface area contributed by atoms with E-state index in [2.05, 4.69) is 24.9 Å². The number of benzene rings is 1. The first kappa shape index (κ1) is 12.1. The van der Waals surface area contributed by atoms with Crippen molar-refractivity contribution < 1.29 is 0 Å². The number of hydrogen-bond donors (Lipinski definition) is 0. The largest absolute Gasteiger partial charge is 0.275 e. The summed E-state index contributed by atoms with van der Waals surface area (Å²) < 4.78 is 0. The molecule has 0 saturated heterocycles. The highest BCUT2D eigenvalue weighted by Crippen LogP contribution is 2.33. The molecule has 1 heterocycles. The average Bonchev–Trinajstić information content (AvgIpc) is 2.74. The van der Waals surface area contributed by atoms with Crippen molar-refractivity contribution in [2.24, 2.45) is 10.9 Å². The summed E-state index contributed by atoms with van der Waals surface area (Å²) in [6, 6.07) is 9.79. The van der Waals surface area contributed by atoms with Crippen molar-refractivity contribution in [2.45, 2.75) is 32.2 Å². The molecular weight excluding hydrogens is 232 g/mol. The van der Waals surface area contributed by atoms with E-state index in [4.69, 9.17) is 16.9 Å². The third-order valence-corrected chi connectivity index (χ3v) is 3.46. The number of nitrogens with zero attached hydrogens (tertiary/aromatic N) is 2. The lowest BCUT2D eigenvalue weighted by molar-refractivity contribution is 0.684. The van der Waals surface area contributed by atoms with Crippen LogP contribution in [0.1, 0.15) is 31.7 Å². The minimum absolute atomic E-state index is 0.190. The summed E-state index contributed by atoms with van der Waals surface area (Å²) in [5, 5.41) is 9.90. The fourth-order valence-corrected chi connectivity index (χ4v) is 2.30. The quantitative estimate of drug-likeness (QED) is 0.782. The molecule has 0 aromatic heterocycles. The molecule has 0 amide bonds. The first-order valence-corrected chi connectivity index (χ1v) is 6.21. The number of nitriles is 1. The second-order valence-electron chi connectivity index (χ2n) is 4.71. The van der Waals surface area contributed by atoms with Crippen LogP contribution in [0.4, 0.5) is 0 Å². The van der Waals surface area contributed by atoms with E-state index in [9.17, 15) is 0 Å². The maximum atomic E-state index is 9.17. The van der Waals surface area contributed by atoms with E-state index in [0.717, 1.165) is 22.7 Å². The second kappa shape index (κ2) is 4.89. The van der Waals surface area contributed by atoms with Gasteiger partial charge in [-0.1, -0.05) is 37.6 Å². The number of halogens is 1. The molecule has 2 nitrogen and oxygen atoms in total. The van der Waals surface area contributed by atoms with Crippen molar-refractivity contribution in [2.75, 3.05) is 0 Å². The molecule has 1 aliphatic rings. The first-order chi connectivity index (χ1) is 8.11. The van der Waals surface area contributed by atoms with Gasteiger partial charge in [0, 0.05) is 16.7 Å². The van der Waals surface area contributed by atoms with Gasteiger partial charge in [0.05, 0.1) is 6.07 Å². The van der Waals surface area contributed by atoms with Crippen LogP contribution in [0.15, 0.2) is 29.3 Å². The molecule has 0 saturated carbocycles. The topological polar surface area (TPSA) is 36.1 Å². The van der Waals surface area contributed by atoms with Crippen LogP contribution in [0.25, 0.3) is 0 Å². The van der Waals surface area contributed by atoms with Crippen LogP contribution >= 0.6 is 11.6 Å². The van der Waals surface area contributed by atoms with Crippen LogP contribution in [-0.2, 0) is 0 Å². The zero-order chi connectivity index (χ0) is 12.4. The van der Waals surface area contributed by atoms with Gasteiger partial charge in [-0.15, -0.1) is 0 Å². The molecule has 3 heteroatoms. The predicted molar refractivity (Wildman–Crippen MR) is 70.5 cm³/mol. The Balaban J connectivity index is 2.24. The van der Waals surface area contributed by atoms with Crippen molar-refractivity contribution in [1.29, 1.82) is 5.26 Å². The Morgan fingerprint density at radius 2 is 2.00 bits per heavy atom. The van der Waals surface area contributed by atoms with Gasteiger partial charge in [-0.05, 0) is 30.0 Å². The van der Waals surface area contributed by atoms with E-state index >= 15 is 0 Å². The summed E-state index contributed by atoms with van der Waals surface area (Å²) in [5.74, 6) is 0.609. The molecule has 0 bridgehead atoms. The molecule has 0 fully saturated rings. The van der Waals surface area contributed by atoms with Crippen LogP contribution in [0.5, 0.6) is 0 Å². The highest BCUT2D eigenvalue weighted by molar-refractivity contribution is 6.30. The van der Waals surface area contributed by atoms with Crippen molar-refractivity contribution in [3.05, 3.63) is 34.9 Å². The summed E-state index contributed by atoms with van der Waals surface area (Å²) >= 11 is 5.87. The van der Waals surface area contributed by atoms with Crippen LogP contribution < -0.4 is 0 Å². The van der Waals surface area contributed by atoms with Crippen molar-refractivity contribution in [3.8, 4) is 6.07 Å². The first-order valence-electron chi connectivity index (χ1n) is 5.83. The lowest BCUT2D eigenvalue weighted by Crippen LogP contribution is -2.10. The van der Waals surface area contributed by atoms with Crippen LogP contribution in [-0.4, -0.2) is 11.8 Å². The van der Waals surface area contributed by atoms with Gasteiger partial charge in [-0.2, -0.15) is 5.26 Å². The van der Waals surface area contributed by atoms with E-state index in [0.29, 0.717) is 5.92 Å². The molecule has 0 radical (unpaired) electrons. The Labute approximate surface area is 107 Å². The third kappa shape index (κ3) is 2.50. The average molecular weight is 247 g/mol. The number of rotatable bonds is 2. The molecule has 88 valence electrons. The van der Waals surface area contributed by atoms with Gasteiger partial charge >= 0.3 is 0 Å². The van der Waals surface area contributed by atoms with Gasteiger partial charge in [0.1, 0.15) is 6.04 Å². The molecule has 0 aliphatic carbocycles. The Kier molecular flexibility index (Phi) is 3.49. The highest BCUT2D eigenvalue weighted by atomic mass is 35.5. The molecule has 0 spiro atoms.